The molecule has 0 aromatic carbocycles. The van der Waals surface area contributed by atoms with E-state index in [0.29, 0.717) is 17.6 Å². The third kappa shape index (κ3) is 0.645. The van der Waals surface area contributed by atoms with Crippen molar-refractivity contribution in [3.05, 3.63) is 12.2 Å². The maximum Gasteiger partial charge on any atom is 0.0816 e. The summed E-state index contributed by atoms with van der Waals surface area (Å²) >= 11 is 0. The summed E-state index contributed by atoms with van der Waals surface area (Å²) in [4.78, 5) is 0. The number of fused-ring (bicyclic) bond motifs is 2. The molecule has 2 atom stereocenters. The molecule has 2 heterocycles. The second kappa shape index (κ2) is 1.40. The standard InChI is InChI=1S/C8H12O/c1-8(2)5-6-3-4-7(8)9-6/h3-4,6-7H,5H2,1-2H3. The van der Waals surface area contributed by atoms with E-state index in [2.05, 4.69) is 26.0 Å². The number of ether oxygens (including phenoxy) is 1. The van der Waals surface area contributed by atoms with Gasteiger partial charge in [0.2, 0.25) is 0 Å². The van der Waals surface area contributed by atoms with Crippen LogP contribution in [0.4, 0.5) is 0 Å². The Kier molecular flexibility index (Phi) is 0.854. The van der Waals surface area contributed by atoms with Crippen LogP contribution < -0.4 is 0 Å². The predicted octanol–water partition coefficient (Wildman–Crippen LogP) is 1.74. The van der Waals surface area contributed by atoms with Crippen LogP contribution in [0.5, 0.6) is 0 Å². The van der Waals surface area contributed by atoms with E-state index in [4.69, 9.17) is 4.74 Å². The Hall–Kier alpha value is -0.300. The largest absolute Gasteiger partial charge is 0.366 e. The van der Waals surface area contributed by atoms with Crippen molar-refractivity contribution in [3.8, 4) is 0 Å². The molecule has 9 heavy (non-hydrogen) atoms. The van der Waals surface area contributed by atoms with Crippen molar-refractivity contribution in [2.45, 2.75) is 32.5 Å². The molecule has 0 amide bonds. The Balaban J connectivity index is 2.29. The Labute approximate surface area is 55.7 Å². The van der Waals surface area contributed by atoms with Gasteiger partial charge in [-0.15, -0.1) is 0 Å². The first kappa shape index (κ1) is 5.48. The topological polar surface area (TPSA) is 9.23 Å². The van der Waals surface area contributed by atoms with Gasteiger partial charge in [0.05, 0.1) is 12.2 Å². The van der Waals surface area contributed by atoms with Crippen molar-refractivity contribution in [2.75, 3.05) is 0 Å². The Morgan fingerprint density at radius 3 is 2.44 bits per heavy atom. The van der Waals surface area contributed by atoms with Gasteiger partial charge in [0.25, 0.3) is 0 Å². The highest BCUT2D eigenvalue weighted by molar-refractivity contribution is 5.14. The lowest BCUT2D eigenvalue weighted by atomic mass is 9.81. The van der Waals surface area contributed by atoms with Crippen LogP contribution in [0.2, 0.25) is 0 Å². The van der Waals surface area contributed by atoms with Gasteiger partial charge in [-0.25, -0.2) is 0 Å². The number of rotatable bonds is 0. The van der Waals surface area contributed by atoms with E-state index in [0.717, 1.165) is 0 Å². The minimum Gasteiger partial charge on any atom is -0.366 e. The highest BCUT2D eigenvalue weighted by Crippen LogP contribution is 2.42. The summed E-state index contributed by atoms with van der Waals surface area (Å²) in [6.07, 6.45) is 6.41. The highest BCUT2D eigenvalue weighted by atomic mass is 16.5. The Bertz CT molecular complexity index is 158. The molecule has 0 aromatic heterocycles. The maximum absolute atomic E-state index is 5.58. The molecule has 0 aliphatic carbocycles. The van der Waals surface area contributed by atoms with Crippen LogP contribution in [0.3, 0.4) is 0 Å². The number of hydrogen-bond acceptors (Lipinski definition) is 1. The zero-order valence-corrected chi connectivity index (χ0v) is 5.92. The van der Waals surface area contributed by atoms with E-state index >= 15 is 0 Å². The normalized spacial score (nSPS) is 44.2. The van der Waals surface area contributed by atoms with Crippen LogP contribution in [0.25, 0.3) is 0 Å². The maximum atomic E-state index is 5.58. The average Bonchev–Trinajstić information content (AvgIpc) is 2.19. The molecule has 50 valence electrons. The van der Waals surface area contributed by atoms with Crippen LogP contribution in [0, 0.1) is 5.41 Å². The van der Waals surface area contributed by atoms with Crippen LogP contribution in [0.15, 0.2) is 12.2 Å². The van der Waals surface area contributed by atoms with Crippen LogP contribution >= 0.6 is 0 Å². The van der Waals surface area contributed by atoms with E-state index in [9.17, 15) is 0 Å². The molecular formula is C8H12O. The van der Waals surface area contributed by atoms with Gasteiger partial charge >= 0.3 is 0 Å². The lowest BCUT2D eigenvalue weighted by Gasteiger charge is -2.22. The molecule has 2 rings (SSSR count). The fourth-order valence-electron chi connectivity index (χ4n) is 1.70. The smallest absolute Gasteiger partial charge is 0.0816 e. The lowest BCUT2D eigenvalue weighted by Crippen LogP contribution is -2.22. The first-order valence-electron chi connectivity index (χ1n) is 3.52. The molecule has 1 fully saturated rings. The fourth-order valence-corrected chi connectivity index (χ4v) is 1.70. The SMILES string of the molecule is CC1(C)CC2C=CC1O2. The van der Waals surface area contributed by atoms with Crippen molar-refractivity contribution >= 4 is 0 Å². The highest BCUT2D eigenvalue weighted by Gasteiger charge is 2.42. The molecule has 2 aliphatic rings. The number of hydrogen-bond donors (Lipinski definition) is 0. The van der Waals surface area contributed by atoms with Crippen molar-refractivity contribution in [1.29, 1.82) is 0 Å². The minimum absolute atomic E-state index is 0.402. The predicted molar refractivity (Wildman–Crippen MR) is 36.2 cm³/mol. The molecule has 1 saturated heterocycles. The molecular weight excluding hydrogens is 112 g/mol. The molecule has 0 spiro atoms. The van der Waals surface area contributed by atoms with Gasteiger partial charge in [-0.1, -0.05) is 26.0 Å². The lowest BCUT2D eigenvalue weighted by molar-refractivity contribution is 0.0910. The third-order valence-corrected chi connectivity index (χ3v) is 2.32. The van der Waals surface area contributed by atoms with Crippen molar-refractivity contribution in [2.24, 2.45) is 5.41 Å². The first-order chi connectivity index (χ1) is 4.18. The Morgan fingerprint density at radius 2 is 2.22 bits per heavy atom. The van der Waals surface area contributed by atoms with Crippen LogP contribution in [-0.2, 0) is 4.74 Å². The summed E-state index contributed by atoms with van der Waals surface area (Å²) in [7, 11) is 0. The summed E-state index contributed by atoms with van der Waals surface area (Å²) < 4.78 is 5.58. The quantitative estimate of drug-likeness (QED) is 0.447. The van der Waals surface area contributed by atoms with E-state index in [1.54, 1.807) is 0 Å². The molecule has 0 N–H and O–H groups in total. The monoisotopic (exact) mass is 124 g/mol. The van der Waals surface area contributed by atoms with Gasteiger partial charge < -0.3 is 4.74 Å². The molecule has 1 nitrogen and oxygen atoms in total. The average molecular weight is 124 g/mol. The van der Waals surface area contributed by atoms with Gasteiger partial charge in [-0.2, -0.15) is 0 Å². The van der Waals surface area contributed by atoms with E-state index < -0.39 is 0 Å². The zero-order valence-electron chi connectivity index (χ0n) is 5.92. The fraction of sp³-hybridized carbons (Fsp3) is 0.750. The van der Waals surface area contributed by atoms with Gasteiger partial charge in [-0.3, -0.25) is 0 Å². The minimum atomic E-state index is 0.402. The van der Waals surface area contributed by atoms with E-state index in [1.165, 1.54) is 6.42 Å². The summed E-state index contributed by atoms with van der Waals surface area (Å²) in [6.45, 7) is 4.53. The summed E-state index contributed by atoms with van der Waals surface area (Å²) in [6, 6.07) is 0. The summed E-state index contributed by atoms with van der Waals surface area (Å²) in [5, 5.41) is 0. The Morgan fingerprint density at radius 1 is 1.44 bits per heavy atom. The van der Waals surface area contributed by atoms with Crippen molar-refractivity contribution in [3.63, 3.8) is 0 Å². The van der Waals surface area contributed by atoms with Crippen molar-refractivity contribution < 1.29 is 4.74 Å². The molecule has 2 unspecified atom stereocenters. The van der Waals surface area contributed by atoms with E-state index in [-0.39, 0.29) is 0 Å². The van der Waals surface area contributed by atoms with Crippen LogP contribution in [0.1, 0.15) is 20.3 Å². The molecule has 0 saturated carbocycles. The molecule has 0 radical (unpaired) electrons. The summed E-state index contributed by atoms with van der Waals surface area (Å²) in [5.74, 6) is 0. The second-order valence-corrected chi connectivity index (χ2v) is 3.67. The van der Waals surface area contributed by atoms with E-state index in [1.807, 2.05) is 0 Å². The zero-order chi connectivity index (χ0) is 6.48. The third-order valence-electron chi connectivity index (χ3n) is 2.32. The van der Waals surface area contributed by atoms with Gasteiger partial charge in [0.15, 0.2) is 0 Å². The van der Waals surface area contributed by atoms with Gasteiger partial charge in [-0.05, 0) is 11.8 Å². The van der Waals surface area contributed by atoms with Gasteiger partial charge in [0.1, 0.15) is 0 Å². The molecule has 2 aliphatic heterocycles. The first-order valence-corrected chi connectivity index (χ1v) is 3.52. The van der Waals surface area contributed by atoms with Crippen molar-refractivity contribution in [1.82, 2.24) is 0 Å². The second-order valence-electron chi connectivity index (χ2n) is 3.67. The summed E-state index contributed by atoms with van der Waals surface area (Å²) in [5.41, 5.74) is 0.402. The molecule has 2 bridgehead atoms. The van der Waals surface area contributed by atoms with Crippen LogP contribution in [-0.4, -0.2) is 12.2 Å². The van der Waals surface area contributed by atoms with Gasteiger partial charge in [0, 0.05) is 0 Å². The molecule has 0 aromatic rings. The molecule has 1 heteroatoms.